The van der Waals surface area contributed by atoms with Crippen molar-refractivity contribution in [3.63, 3.8) is 0 Å². The van der Waals surface area contributed by atoms with E-state index in [4.69, 9.17) is 10.2 Å². The summed E-state index contributed by atoms with van der Waals surface area (Å²) < 4.78 is 5.75. The van der Waals surface area contributed by atoms with Crippen LogP contribution in [0.25, 0.3) is 0 Å². The highest BCUT2D eigenvalue weighted by atomic mass is 16.4. The van der Waals surface area contributed by atoms with Crippen molar-refractivity contribution < 1.29 is 4.42 Å². The number of nitrogens with two attached hydrogens (primary N) is 1. The molecule has 5 nitrogen and oxygen atoms in total. The molecule has 1 aromatic heterocycles. The minimum atomic E-state index is -0.0819. The lowest BCUT2D eigenvalue weighted by molar-refractivity contribution is 0.133. The van der Waals surface area contributed by atoms with Crippen LogP contribution in [0.4, 0.5) is 0 Å². The second kappa shape index (κ2) is 5.59. The summed E-state index contributed by atoms with van der Waals surface area (Å²) in [7, 11) is 0. The van der Waals surface area contributed by atoms with Crippen LogP contribution in [0.1, 0.15) is 52.3 Å². The second-order valence-electron chi connectivity index (χ2n) is 6.61. The maximum Gasteiger partial charge on any atom is 0.230 e. The van der Waals surface area contributed by atoms with Gasteiger partial charge in [0.25, 0.3) is 0 Å². The summed E-state index contributed by atoms with van der Waals surface area (Å²) >= 11 is 0. The molecule has 0 aliphatic carbocycles. The van der Waals surface area contributed by atoms with Gasteiger partial charge >= 0.3 is 0 Å². The van der Waals surface area contributed by atoms with E-state index in [0.717, 1.165) is 38.4 Å². The largest absolute Gasteiger partial charge is 0.423 e. The lowest BCUT2D eigenvalue weighted by Gasteiger charge is -2.35. The third kappa shape index (κ3) is 3.54. The van der Waals surface area contributed by atoms with Crippen molar-refractivity contribution in [2.75, 3.05) is 13.1 Å². The monoisotopic (exact) mass is 266 g/mol. The maximum atomic E-state index is 6.13. The fourth-order valence-electron chi connectivity index (χ4n) is 2.51. The van der Waals surface area contributed by atoms with Gasteiger partial charge in [0.05, 0.1) is 6.54 Å². The van der Waals surface area contributed by atoms with Gasteiger partial charge in [-0.3, -0.25) is 4.90 Å². The molecule has 1 fully saturated rings. The van der Waals surface area contributed by atoms with Gasteiger partial charge in [0.15, 0.2) is 0 Å². The van der Waals surface area contributed by atoms with Crippen molar-refractivity contribution >= 4 is 0 Å². The number of hydrogen-bond acceptors (Lipinski definition) is 5. The van der Waals surface area contributed by atoms with Crippen molar-refractivity contribution in [2.24, 2.45) is 11.7 Å². The summed E-state index contributed by atoms with van der Waals surface area (Å²) in [5.74, 6) is 2.01. The summed E-state index contributed by atoms with van der Waals surface area (Å²) in [4.78, 5) is 2.37. The zero-order chi connectivity index (χ0) is 14.0. The molecular weight excluding hydrogens is 240 g/mol. The van der Waals surface area contributed by atoms with Crippen LogP contribution in [0.5, 0.6) is 0 Å². The Kier molecular flexibility index (Phi) is 4.26. The third-order valence-electron chi connectivity index (χ3n) is 3.87. The number of nitrogens with zero attached hydrogens (tertiary/aromatic N) is 3. The predicted octanol–water partition coefficient (Wildman–Crippen LogP) is 1.93. The molecule has 2 heterocycles. The molecule has 2 atom stereocenters. The van der Waals surface area contributed by atoms with Gasteiger partial charge in [-0.15, -0.1) is 10.2 Å². The van der Waals surface area contributed by atoms with Crippen molar-refractivity contribution in [3.05, 3.63) is 11.8 Å². The van der Waals surface area contributed by atoms with Crippen LogP contribution in [0.2, 0.25) is 0 Å². The predicted molar refractivity (Wildman–Crippen MR) is 74.6 cm³/mol. The third-order valence-corrected chi connectivity index (χ3v) is 3.87. The fourth-order valence-corrected chi connectivity index (χ4v) is 2.51. The molecule has 2 unspecified atom stereocenters. The van der Waals surface area contributed by atoms with Gasteiger partial charge in [-0.25, -0.2) is 0 Å². The van der Waals surface area contributed by atoms with Crippen LogP contribution in [0, 0.1) is 5.92 Å². The van der Waals surface area contributed by atoms with E-state index in [1.165, 1.54) is 0 Å². The number of aromatic nitrogens is 2. The Morgan fingerprint density at radius 1 is 1.37 bits per heavy atom. The molecule has 0 spiro atoms. The topological polar surface area (TPSA) is 68.2 Å². The highest BCUT2D eigenvalue weighted by molar-refractivity contribution is 4.96. The molecule has 1 saturated heterocycles. The Bertz CT molecular complexity index is 410. The van der Waals surface area contributed by atoms with E-state index in [-0.39, 0.29) is 5.41 Å². The van der Waals surface area contributed by atoms with Crippen molar-refractivity contribution in [1.29, 1.82) is 0 Å². The van der Waals surface area contributed by atoms with E-state index in [2.05, 4.69) is 42.8 Å². The summed E-state index contributed by atoms with van der Waals surface area (Å²) in [5.41, 5.74) is 6.05. The van der Waals surface area contributed by atoms with Gasteiger partial charge in [-0.1, -0.05) is 34.1 Å². The van der Waals surface area contributed by atoms with E-state index in [0.29, 0.717) is 17.9 Å². The van der Waals surface area contributed by atoms with Crippen molar-refractivity contribution in [3.8, 4) is 0 Å². The van der Waals surface area contributed by atoms with Gasteiger partial charge in [0.2, 0.25) is 11.8 Å². The van der Waals surface area contributed by atoms with Crippen LogP contribution >= 0.6 is 0 Å². The van der Waals surface area contributed by atoms with Gasteiger partial charge < -0.3 is 10.2 Å². The number of rotatable bonds is 3. The normalized spacial score (nSPS) is 25.7. The van der Waals surface area contributed by atoms with Crippen LogP contribution in [0.15, 0.2) is 4.42 Å². The van der Waals surface area contributed by atoms with Crippen LogP contribution < -0.4 is 5.73 Å². The molecule has 0 bridgehead atoms. The number of piperidine rings is 1. The first-order valence-electron chi connectivity index (χ1n) is 7.21. The minimum Gasteiger partial charge on any atom is -0.423 e. The Labute approximate surface area is 115 Å². The van der Waals surface area contributed by atoms with E-state index >= 15 is 0 Å². The van der Waals surface area contributed by atoms with E-state index in [9.17, 15) is 0 Å². The van der Waals surface area contributed by atoms with Gasteiger partial charge in [-0.05, 0) is 12.3 Å². The first-order chi connectivity index (χ1) is 8.90. The van der Waals surface area contributed by atoms with Crippen LogP contribution in [-0.4, -0.2) is 34.2 Å². The molecule has 19 heavy (non-hydrogen) atoms. The molecule has 0 aromatic carbocycles. The molecule has 0 amide bonds. The SMILES string of the molecule is CCC1CN(Cc2nnc(C(C)(C)C)o2)CCC1N. The average molecular weight is 266 g/mol. The number of likely N-dealkylation sites (tertiary alicyclic amines) is 1. The molecule has 1 aromatic rings. The summed E-state index contributed by atoms with van der Waals surface area (Å²) in [6.07, 6.45) is 2.19. The highest BCUT2D eigenvalue weighted by Gasteiger charge is 2.27. The Hall–Kier alpha value is -0.940. The Morgan fingerprint density at radius 2 is 2.11 bits per heavy atom. The molecule has 2 rings (SSSR count). The molecule has 1 aliphatic rings. The quantitative estimate of drug-likeness (QED) is 0.905. The molecule has 0 radical (unpaired) electrons. The fraction of sp³-hybridized carbons (Fsp3) is 0.857. The summed E-state index contributed by atoms with van der Waals surface area (Å²) in [5, 5.41) is 8.30. The highest BCUT2D eigenvalue weighted by Crippen LogP contribution is 2.23. The van der Waals surface area contributed by atoms with E-state index < -0.39 is 0 Å². The van der Waals surface area contributed by atoms with Gasteiger partial charge in [0.1, 0.15) is 0 Å². The standard InChI is InChI=1S/C14H26N4O/c1-5-10-8-18(7-6-11(10)15)9-12-16-17-13(19-12)14(2,3)4/h10-11H,5-9,15H2,1-4H3. The molecule has 2 N–H and O–H groups in total. The summed E-state index contributed by atoms with van der Waals surface area (Å²) in [6.45, 7) is 11.2. The Balaban J connectivity index is 1.96. The lowest BCUT2D eigenvalue weighted by Crippen LogP contribution is -2.46. The van der Waals surface area contributed by atoms with E-state index in [1.807, 2.05) is 0 Å². The maximum absolute atomic E-state index is 6.13. The van der Waals surface area contributed by atoms with Crippen LogP contribution in [0.3, 0.4) is 0 Å². The van der Waals surface area contributed by atoms with Crippen molar-refractivity contribution in [1.82, 2.24) is 15.1 Å². The van der Waals surface area contributed by atoms with Crippen molar-refractivity contribution in [2.45, 2.75) is 58.5 Å². The molecule has 0 saturated carbocycles. The second-order valence-corrected chi connectivity index (χ2v) is 6.61. The van der Waals surface area contributed by atoms with Gasteiger partial charge in [-0.2, -0.15) is 0 Å². The molecule has 1 aliphatic heterocycles. The average Bonchev–Trinajstić information content (AvgIpc) is 2.80. The smallest absolute Gasteiger partial charge is 0.230 e. The van der Waals surface area contributed by atoms with Crippen LogP contribution in [-0.2, 0) is 12.0 Å². The first-order valence-corrected chi connectivity index (χ1v) is 7.21. The minimum absolute atomic E-state index is 0.0819. The zero-order valence-electron chi connectivity index (χ0n) is 12.5. The lowest BCUT2D eigenvalue weighted by atomic mass is 9.91. The molecule has 108 valence electrons. The Morgan fingerprint density at radius 3 is 2.68 bits per heavy atom. The number of hydrogen-bond donors (Lipinski definition) is 1. The van der Waals surface area contributed by atoms with E-state index in [1.54, 1.807) is 0 Å². The van der Waals surface area contributed by atoms with Gasteiger partial charge in [0, 0.05) is 24.5 Å². The summed E-state index contributed by atoms with van der Waals surface area (Å²) in [6, 6.07) is 0.342. The molecule has 5 heteroatoms. The molecular formula is C14H26N4O. The zero-order valence-corrected chi connectivity index (χ0v) is 12.5. The first kappa shape index (κ1) is 14.5.